The van der Waals surface area contributed by atoms with Crippen LogP contribution in [0.25, 0.3) is 17.0 Å². The number of amides is 2. The minimum atomic E-state index is -0.213. The Balaban J connectivity index is 1.25. The fraction of sp³-hybridized carbons (Fsp3) is 0.226. The Hall–Kier alpha value is -3.97. The van der Waals surface area contributed by atoms with Gasteiger partial charge in [-0.25, -0.2) is 0 Å². The van der Waals surface area contributed by atoms with Gasteiger partial charge in [0, 0.05) is 35.8 Å². The molecule has 1 aliphatic heterocycles. The Morgan fingerprint density at radius 3 is 2.39 bits per heavy atom. The first-order chi connectivity index (χ1) is 18.6. The van der Waals surface area contributed by atoms with Crippen LogP contribution < -0.4 is 9.47 Å². The zero-order chi connectivity index (χ0) is 26.3. The molecule has 0 saturated carbocycles. The molecule has 38 heavy (non-hydrogen) atoms. The van der Waals surface area contributed by atoms with Crippen molar-refractivity contribution in [3.8, 4) is 11.5 Å². The van der Waals surface area contributed by atoms with Crippen LogP contribution in [0, 0.1) is 0 Å². The Labute approximate surface area is 226 Å². The van der Waals surface area contributed by atoms with E-state index < -0.39 is 0 Å². The quantitative estimate of drug-likeness (QED) is 0.159. The number of carbonyl (C=O) groups excluding carboxylic acids is 2. The van der Waals surface area contributed by atoms with Gasteiger partial charge in [-0.05, 0) is 60.9 Å². The molecule has 0 radical (unpaired) electrons. The Morgan fingerprint density at radius 1 is 0.842 bits per heavy atom. The third-order valence-corrected chi connectivity index (χ3v) is 7.45. The first-order valence-electron chi connectivity index (χ1n) is 12.8. The Bertz CT molecular complexity index is 1460. The molecule has 1 saturated heterocycles. The van der Waals surface area contributed by atoms with E-state index in [2.05, 4.69) is 29.0 Å². The van der Waals surface area contributed by atoms with E-state index in [1.165, 1.54) is 10.5 Å². The lowest BCUT2D eigenvalue weighted by atomic mass is 10.1. The van der Waals surface area contributed by atoms with E-state index in [0.29, 0.717) is 18.1 Å². The van der Waals surface area contributed by atoms with Gasteiger partial charge in [0.15, 0.2) is 11.5 Å². The van der Waals surface area contributed by atoms with Gasteiger partial charge >= 0.3 is 0 Å². The molecule has 0 aliphatic carbocycles. The summed E-state index contributed by atoms with van der Waals surface area (Å²) in [5.74, 6) is 1.23. The standard InChI is InChI=1S/C31H30N2O4S/c1-36-27-16-7-8-17-28(27)37-20-10-18-32-22-24(25-14-5-6-15-26(25)32)21-29-30(34)33(31(35)38-29)19-9-13-23-11-3-2-4-12-23/h2-8,11-12,14-17,21-22H,9-10,13,18-20H2,1H3/b29-21-. The largest absolute Gasteiger partial charge is 0.493 e. The highest BCUT2D eigenvalue weighted by molar-refractivity contribution is 8.18. The summed E-state index contributed by atoms with van der Waals surface area (Å²) < 4.78 is 13.5. The molecule has 1 aliphatic rings. The second-order valence-electron chi connectivity index (χ2n) is 9.07. The zero-order valence-corrected chi connectivity index (χ0v) is 22.2. The molecule has 1 fully saturated rings. The van der Waals surface area contributed by atoms with Crippen molar-refractivity contribution in [3.05, 3.63) is 101 Å². The van der Waals surface area contributed by atoms with Crippen molar-refractivity contribution in [1.82, 2.24) is 9.47 Å². The summed E-state index contributed by atoms with van der Waals surface area (Å²) >= 11 is 1.02. The molecule has 4 aromatic rings. The van der Waals surface area contributed by atoms with Crippen LogP contribution in [0.4, 0.5) is 4.79 Å². The average Bonchev–Trinajstić information content (AvgIpc) is 3.43. The number of hydrogen-bond acceptors (Lipinski definition) is 5. The number of thioether (sulfide) groups is 1. The van der Waals surface area contributed by atoms with Crippen LogP contribution in [0.15, 0.2) is 90.0 Å². The van der Waals surface area contributed by atoms with Crippen LogP contribution in [-0.4, -0.2) is 40.9 Å². The van der Waals surface area contributed by atoms with Gasteiger partial charge in [-0.15, -0.1) is 0 Å². The molecule has 6 nitrogen and oxygen atoms in total. The summed E-state index contributed by atoms with van der Waals surface area (Å²) in [6.07, 6.45) is 6.28. The fourth-order valence-electron chi connectivity index (χ4n) is 4.65. The highest BCUT2D eigenvalue weighted by Crippen LogP contribution is 2.34. The first-order valence-corrected chi connectivity index (χ1v) is 13.6. The molecule has 0 N–H and O–H groups in total. The lowest BCUT2D eigenvalue weighted by molar-refractivity contribution is -0.122. The van der Waals surface area contributed by atoms with Crippen LogP contribution in [0.5, 0.6) is 11.5 Å². The molecular weight excluding hydrogens is 496 g/mol. The number of benzene rings is 3. The smallest absolute Gasteiger partial charge is 0.293 e. The number of methoxy groups -OCH3 is 1. The van der Waals surface area contributed by atoms with Gasteiger partial charge in [0.05, 0.1) is 18.6 Å². The third-order valence-electron chi connectivity index (χ3n) is 6.54. The molecule has 7 heteroatoms. The summed E-state index contributed by atoms with van der Waals surface area (Å²) in [6.45, 7) is 1.72. The number of carbonyl (C=O) groups is 2. The summed E-state index contributed by atoms with van der Waals surface area (Å²) in [5, 5.41) is 0.848. The lowest BCUT2D eigenvalue weighted by Gasteiger charge is -2.12. The number of ether oxygens (including phenoxy) is 2. The first kappa shape index (κ1) is 25.7. The molecule has 0 spiro atoms. The minimum Gasteiger partial charge on any atom is -0.493 e. The SMILES string of the molecule is COc1ccccc1OCCCn1cc(/C=C2\SC(=O)N(CCCc3ccccc3)C2=O)c2ccccc21. The summed E-state index contributed by atoms with van der Waals surface area (Å²) in [7, 11) is 1.63. The second kappa shape index (κ2) is 12.0. The van der Waals surface area contributed by atoms with E-state index in [0.717, 1.165) is 65.5 Å². The van der Waals surface area contributed by atoms with Gasteiger partial charge in [-0.2, -0.15) is 0 Å². The number of aryl methyl sites for hydroxylation is 2. The van der Waals surface area contributed by atoms with Crippen molar-refractivity contribution in [3.63, 3.8) is 0 Å². The molecule has 0 atom stereocenters. The molecular formula is C31H30N2O4S. The average molecular weight is 527 g/mol. The van der Waals surface area contributed by atoms with Crippen LogP contribution in [0.1, 0.15) is 24.0 Å². The van der Waals surface area contributed by atoms with E-state index in [9.17, 15) is 9.59 Å². The molecule has 2 heterocycles. The minimum absolute atomic E-state index is 0.202. The lowest BCUT2D eigenvalue weighted by Crippen LogP contribution is -2.29. The summed E-state index contributed by atoms with van der Waals surface area (Å²) in [6, 6.07) is 25.9. The van der Waals surface area contributed by atoms with Gasteiger partial charge in [0.1, 0.15) is 0 Å². The van der Waals surface area contributed by atoms with Crippen molar-refractivity contribution >= 4 is 39.9 Å². The number of nitrogens with zero attached hydrogens (tertiary/aromatic N) is 2. The molecule has 0 bridgehead atoms. The van der Waals surface area contributed by atoms with E-state index in [-0.39, 0.29) is 11.1 Å². The van der Waals surface area contributed by atoms with Gasteiger partial charge in [0.2, 0.25) is 0 Å². The third kappa shape index (κ3) is 5.78. The van der Waals surface area contributed by atoms with Gasteiger partial charge in [-0.3, -0.25) is 14.5 Å². The highest BCUT2D eigenvalue weighted by atomic mass is 32.2. The molecule has 1 aromatic heterocycles. The normalized spacial score (nSPS) is 14.6. The topological polar surface area (TPSA) is 60.8 Å². The fourth-order valence-corrected chi connectivity index (χ4v) is 5.51. The molecule has 2 amide bonds. The zero-order valence-electron chi connectivity index (χ0n) is 21.3. The maximum atomic E-state index is 13.1. The number of para-hydroxylation sites is 3. The molecule has 0 unspecified atom stereocenters. The maximum absolute atomic E-state index is 13.1. The van der Waals surface area contributed by atoms with Crippen molar-refractivity contribution < 1.29 is 19.1 Å². The van der Waals surface area contributed by atoms with Gasteiger partial charge in [-0.1, -0.05) is 60.7 Å². The molecule has 194 valence electrons. The number of fused-ring (bicyclic) bond motifs is 1. The number of aromatic nitrogens is 1. The predicted molar refractivity (Wildman–Crippen MR) is 152 cm³/mol. The maximum Gasteiger partial charge on any atom is 0.293 e. The van der Waals surface area contributed by atoms with Gasteiger partial charge in [0.25, 0.3) is 11.1 Å². The number of rotatable bonds is 11. The van der Waals surface area contributed by atoms with Crippen LogP contribution in [0.3, 0.4) is 0 Å². The Kier molecular flexibility index (Phi) is 8.14. The van der Waals surface area contributed by atoms with Crippen molar-refractivity contribution in [2.45, 2.75) is 25.8 Å². The predicted octanol–water partition coefficient (Wildman–Crippen LogP) is 6.79. The second-order valence-corrected chi connectivity index (χ2v) is 10.1. The van der Waals surface area contributed by atoms with Crippen LogP contribution in [0.2, 0.25) is 0 Å². The summed E-state index contributed by atoms with van der Waals surface area (Å²) in [5.41, 5.74) is 3.22. The monoisotopic (exact) mass is 526 g/mol. The number of hydrogen-bond donors (Lipinski definition) is 0. The van der Waals surface area contributed by atoms with Gasteiger partial charge < -0.3 is 14.0 Å². The van der Waals surface area contributed by atoms with Crippen molar-refractivity contribution in [2.24, 2.45) is 0 Å². The molecule has 5 rings (SSSR count). The van der Waals surface area contributed by atoms with Crippen molar-refractivity contribution in [2.75, 3.05) is 20.3 Å². The van der Waals surface area contributed by atoms with E-state index in [1.54, 1.807) is 7.11 Å². The van der Waals surface area contributed by atoms with Crippen molar-refractivity contribution in [1.29, 1.82) is 0 Å². The van der Waals surface area contributed by atoms with Crippen LogP contribution >= 0.6 is 11.8 Å². The van der Waals surface area contributed by atoms with E-state index in [4.69, 9.17) is 9.47 Å². The van der Waals surface area contributed by atoms with Crippen LogP contribution in [-0.2, 0) is 17.8 Å². The summed E-state index contributed by atoms with van der Waals surface area (Å²) in [4.78, 5) is 27.6. The van der Waals surface area contributed by atoms with E-state index >= 15 is 0 Å². The molecule has 3 aromatic carbocycles. The van der Waals surface area contributed by atoms with E-state index in [1.807, 2.05) is 66.7 Å². The Morgan fingerprint density at radius 2 is 1.58 bits per heavy atom. The highest BCUT2D eigenvalue weighted by Gasteiger charge is 2.34. The number of imide groups is 1.